The van der Waals surface area contributed by atoms with Gasteiger partial charge in [0.05, 0.1) is 7.11 Å². The van der Waals surface area contributed by atoms with E-state index in [0.29, 0.717) is 11.8 Å². The van der Waals surface area contributed by atoms with Gasteiger partial charge in [0.1, 0.15) is 0 Å². The van der Waals surface area contributed by atoms with E-state index in [1.54, 1.807) is 12.1 Å². The van der Waals surface area contributed by atoms with Crippen molar-refractivity contribution >= 4 is 0 Å². The molecule has 1 aromatic rings. The van der Waals surface area contributed by atoms with Gasteiger partial charge in [-0.25, -0.2) is 0 Å². The second-order valence-electron chi connectivity index (χ2n) is 5.07. The van der Waals surface area contributed by atoms with Crippen molar-refractivity contribution in [2.45, 2.75) is 32.5 Å². The van der Waals surface area contributed by atoms with E-state index in [1.165, 1.54) is 7.11 Å². The molecule has 1 atom stereocenters. The van der Waals surface area contributed by atoms with Gasteiger partial charge < -0.3 is 14.8 Å². The summed E-state index contributed by atoms with van der Waals surface area (Å²) >= 11 is 0. The van der Waals surface area contributed by atoms with Gasteiger partial charge in [-0.05, 0) is 37.2 Å². The Bertz CT molecular complexity index is 451. The molecule has 4 nitrogen and oxygen atoms in total. The van der Waals surface area contributed by atoms with Gasteiger partial charge in [-0.3, -0.25) is 4.90 Å². The lowest BCUT2D eigenvalue weighted by Crippen LogP contribution is -2.36. The topological polar surface area (TPSA) is 33.7 Å². The summed E-state index contributed by atoms with van der Waals surface area (Å²) in [5.74, 6) is 0.412. The first-order valence-corrected chi connectivity index (χ1v) is 7.20. The van der Waals surface area contributed by atoms with Gasteiger partial charge in [0.2, 0.25) is 0 Å². The molecule has 1 unspecified atom stereocenters. The molecular formula is C15H22F2N2O2. The fourth-order valence-corrected chi connectivity index (χ4v) is 2.69. The van der Waals surface area contributed by atoms with Crippen molar-refractivity contribution in [3.05, 3.63) is 23.8 Å². The average molecular weight is 300 g/mol. The van der Waals surface area contributed by atoms with Gasteiger partial charge >= 0.3 is 6.61 Å². The van der Waals surface area contributed by atoms with Gasteiger partial charge in [0.25, 0.3) is 0 Å². The lowest BCUT2D eigenvalue weighted by Gasteiger charge is -2.27. The van der Waals surface area contributed by atoms with Crippen LogP contribution in [0.5, 0.6) is 11.5 Å². The van der Waals surface area contributed by atoms with Crippen molar-refractivity contribution < 1.29 is 18.3 Å². The third-order valence-electron chi connectivity index (χ3n) is 3.79. The zero-order chi connectivity index (χ0) is 15.2. The summed E-state index contributed by atoms with van der Waals surface area (Å²) in [5, 5.41) is 3.36. The van der Waals surface area contributed by atoms with Crippen molar-refractivity contribution in [3.63, 3.8) is 0 Å². The van der Waals surface area contributed by atoms with Crippen molar-refractivity contribution in [3.8, 4) is 11.5 Å². The molecule has 1 fully saturated rings. The molecule has 6 heteroatoms. The maximum Gasteiger partial charge on any atom is 0.387 e. The second-order valence-corrected chi connectivity index (χ2v) is 5.07. The highest BCUT2D eigenvalue weighted by Crippen LogP contribution is 2.30. The molecule has 0 saturated carbocycles. The molecule has 1 aliphatic rings. The number of rotatable bonds is 7. The number of halogens is 2. The van der Waals surface area contributed by atoms with Crippen LogP contribution in [0.1, 0.15) is 18.9 Å². The number of benzene rings is 1. The van der Waals surface area contributed by atoms with Crippen LogP contribution in [0.3, 0.4) is 0 Å². The Labute approximate surface area is 124 Å². The van der Waals surface area contributed by atoms with Crippen LogP contribution in [0.15, 0.2) is 18.2 Å². The molecule has 0 bridgehead atoms. The van der Waals surface area contributed by atoms with E-state index in [4.69, 9.17) is 4.74 Å². The average Bonchev–Trinajstić information content (AvgIpc) is 2.99. The van der Waals surface area contributed by atoms with Crippen LogP contribution in [0, 0.1) is 0 Å². The molecule has 1 N–H and O–H groups in total. The highest BCUT2D eigenvalue weighted by Gasteiger charge is 2.21. The summed E-state index contributed by atoms with van der Waals surface area (Å²) in [7, 11) is 1.45. The Morgan fingerprint density at radius 2 is 2.19 bits per heavy atom. The van der Waals surface area contributed by atoms with Crippen LogP contribution in [0.25, 0.3) is 0 Å². The minimum Gasteiger partial charge on any atom is -0.493 e. The zero-order valence-electron chi connectivity index (χ0n) is 12.4. The van der Waals surface area contributed by atoms with E-state index in [9.17, 15) is 8.78 Å². The fraction of sp³-hybridized carbons (Fsp3) is 0.600. The van der Waals surface area contributed by atoms with Crippen LogP contribution in [-0.2, 0) is 6.54 Å². The van der Waals surface area contributed by atoms with Crippen LogP contribution in [0.4, 0.5) is 8.78 Å². The SMILES string of the molecule is CCN(Cc1ccc(OC(F)F)c(OC)c1)C1CCNC1. The Kier molecular flexibility index (Phi) is 5.76. The standard InChI is InChI=1S/C15H22F2N2O2/c1-3-19(12-6-7-18-9-12)10-11-4-5-13(21-15(16)17)14(8-11)20-2/h4-5,8,12,15,18H,3,6-7,9-10H2,1-2H3. The maximum atomic E-state index is 12.3. The quantitative estimate of drug-likeness (QED) is 0.839. The fourth-order valence-electron chi connectivity index (χ4n) is 2.69. The minimum absolute atomic E-state index is 0.0711. The third-order valence-corrected chi connectivity index (χ3v) is 3.79. The lowest BCUT2D eigenvalue weighted by molar-refractivity contribution is -0.0512. The Morgan fingerprint density at radius 1 is 1.38 bits per heavy atom. The van der Waals surface area contributed by atoms with Gasteiger partial charge in [-0.2, -0.15) is 8.78 Å². The van der Waals surface area contributed by atoms with Crippen LogP contribution >= 0.6 is 0 Å². The number of hydrogen-bond acceptors (Lipinski definition) is 4. The molecule has 1 heterocycles. The van der Waals surface area contributed by atoms with E-state index in [1.807, 2.05) is 6.07 Å². The Hall–Kier alpha value is -1.40. The normalized spacial score (nSPS) is 18.5. The molecule has 0 aromatic heterocycles. The van der Waals surface area contributed by atoms with Crippen molar-refractivity contribution in [1.82, 2.24) is 10.2 Å². The summed E-state index contributed by atoms with van der Waals surface area (Å²) in [6.07, 6.45) is 1.14. The monoisotopic (exact) mass is 300 g/mol. The van der Waals surface area contributed by atoms with Crippen LogP contribution in [-0.4, -0.2) is 44.3 Å². The first-order chi connectivity index (χ1) is 10.1. The van der Waals surface area contributed by atoms with Crippen LogP contribution in [0.2, 0.25) is 0 Å². The largest absolute Gasteiger partial charge is 0.493 e. The second kappa shape index (κ2) is 7.56. The summed E-state index contributed by atoms with van der Waals surface area (Å²) in [4.78, 5) is 2.38. The summed E-state index contributed by atoms with van der Waals surface area (Å²) < 4.78 is 34.2. The number of likely N-dealkylation sites (N-methyl/N-ethyl adjacent to an activating group) is 1. The van der Waals surface area contributed by atoms with Crippen molar-refractivity contribution in [2.24, 2.45) is 0 Å². The molecule has 1 aromatic carbocycles. The van der Waals surface area contributed by atoms with Gasteiger partial charge in [0.15, 0.2) is 11.5 Å². The molecule has 2 rings (SSSR count). The molecule has 0 radical (unpaired) electrons. The van der Waals surface area contributed by atoms with E-state index < -0.39 is 6.61 Å². The van der Waals surface area contributed by atoms with Gasteiger partial charge in [-0.15, -0.1) is 0 Å². The molecule has 1 aliphatic heterocycles. The minimum atomic E-state index is -2.85. The first kappa shape index (κ1) is 16.0. The van der Waals surface area contributed by atoms with E-state index >= 15 is 0 Å². The number of nitrogens with one attached hydrogen (secondary N) is 1. The first-order valence-electron chi connectivity index (χ1n) is 7.20. The molecule has 21 heavy (non-hydrogen) atoms. The van der Waals surface area contributed by atoms with E-state index in [-0.39, 0.29) is 5.75 Å². The summed E-state index contributed by atoms with van der Waals surface area (Å²) in [6, 6.07) is 5.65. The maximum absolute atomic E-state index is 12.3. The van der Waals surface area contributed by atoms with Crippen molar-refractivity contribution in [2.75, 3.05) is 26.7 Å². The van der Waals surface area contributed by atoms with Gasteiger partial charge in [-0.1, -0.05) is 13.0 Å². The molecule has 0 amide bonds. The van der Waals surface area contributed by atoms with Crippen LogP contribution < -0.4 is 14.8 Å². The number of alkyl halides is 2. The van der Waals surface area contributed by atoms with Gasteiger partial charge in [0, 0.05) is 19.1 Å². The Balaban J connectivity index is 2.08. The predicted octanol–water partition coefficient (Wildman–Crippen LogP) is 2.48. The predicted molar refractivity (Wildman–Crippen MR) is 77.0 cm³/mol. The third kappa shape index (κ3) is 4.28. The lowest BCUT2D eigenvalue weighted by atomic mass is 10.1. The van der Waals surface area contributed by atoms with E-state index in [0.717, 1.165) is 38.2 Å². The molecule has 118 valence electrons. The van der Waals surface area contributed by atoms with Crippen molar-refractivity contribution in [1.29, 1.82) is 0 Å². The number of nitrogens with zero attached hydrogens (tertiary/aromatic N) is 1. The number of ether oxygens (including phenoxy) is 2. The zero-order valence-corrected chi connectivity index (χ0v) is 12.4. The Morgan fingerprint density at radius 3 is 2.76 bits per heavy atom. The number of methoxy groups -OCH3 is 1. The highest BCUT2D eigenvalue weighted by atomic mass is 19.3. The summed E-state index contributed by atoms with van der Waals surface area (Å²) in [5.41, 5.74) is 1.03. The highest BCUT2D eigenvalue weighted by molar-refractivity contribution is 5.43. The smallest absolute Gasteiger partial charge is 0.387 e. The van der Waals surface area contributed by atoms with E-state index in [2.05, 4.69) is 21.9 Å². The molecule has 0 aliphatic carbocycles. The number of hydrogen-bond donors (Lipinski definition) is 1. The molecule has 0 spiro atoms. The summed E-state index contributed by atoms with van der Waals surface area (Å²) in [6.45, 7) is 3.05. The molecular weight excluding hydrogens is 278 g/mol. The molecule has 1 saturated heterocycles.